The van der Waals surface area contributed by atoms with Crippen LogP contribution in [0.2, 0.25) is 5.02 Å². The monoisotopic (exact) mass is 302 g/mol. The summed E-state index contributed by atoms with van der Waals surface area (Å²) >= 11 is 5.80. The van der Waals surface area contributed by atoms with Crippen molar-refractivity contribution in [1.29, 1.82) is 0 Å². The van der Waals surface area contributed by atoms with Gasteiger partial charge in [-0.25, -0.2) is 4.68 Å². The van der Waals surface area contributed by atoms with Crippen molar-refractivity contribution < 1.29 is 0 Å². The fourth-order valence-electron chi connectivity index (χ4n) is 2.44. The minimum Gasteiger partial charge on any atom is -0.285 e. The van der Waals surface area contributed by atoms with E-state index in [0.29, 0.717) is 11.4 Å². The summed E-state index contributed by atoms with van der Waals surface area (Å²) in [5.74, 6) is 0. The van der Waals surface area contributed by atoms with Crippen LogP contribution in [0.4, 0.5) is 0 Å². The molecule has 1 aromatic heterocycles. The molecule has 0 N–H and O–H groups in total. The Morgan fingerprint density at radius 2 is 1.57 bits per heavy atom. The Hall–Kier alpha value is -2.40. The van der Waals surface area contributed by atoms with Crippen molar-refractivity contribution >= 4 is 11.6 Å². The molecule has 0 atom stereocenters. The Morgan fingerprint density at radius 3 is 2.14 bits per heavy atom. The summed E-state index contributed by atoms with van der Waals surface area (Å²) in [7, 11) is 1.71. The van der Waals surface area contributed by atoms with Gasteiger partial charge in [0.2, 0.25) is 10.9 Å². The van der Waals surface area contributed by atoms with Crippen molar-refractivity contribution in [3.8, 4) is 16.8 Å². The molecule has 0 saturated heterocycles. The molecule has 0 aliphatic carbocycles. The first-order valence-electron chi connectivity index (χ1n) is 6.28. The number of hydrogen-bond donors (Lipinski definition) is 0. The van der Waals surface area contributed by atoms with Crippen LogP contribution in [0.1, 0.15) is 5.69 Å². The van der Waals surface area contributed by atoms with Crippen LogP contribution in [0.15, 0.2) is 44.7 Å². The Kier molecular flexibility index (Phi) is 2.95. The molecule has 21 heavy (non-hydrogen) atoms. The summed E-state index contributed by atoms with van der Waals surface area (Å²) < 4.78 is 3.08. The predicted octanol–water partition coefficient (Wildman–Crippen LogP) is 1.40. The standard InChI is InChI=1S/C15H11ClN2O3/c1-8-10(11-12(16)14(20)13(11)19)15(21)18(17(8)2)9-6-4-3-5-7-9/h3-7H,1-2H3. The van der Waals surface area contributed by atoms with E-state index in [1.165, 1.54) is 4.68 Å². The van der Waals surface area contributed by atoms with Crippen LogP contribution >= 0.6 is 11.6 Å². The van der Waals surface area contributed by atoms with Crippen LogP contribution in [0.5, 0.6) is 0 Å². The SMILES string of the molecule is Cc1c(-c2c(Cl)c(=O)c2=O)c(=O)n(-c2ccccc2)n1C. The lowest BCUT2D eigenvalue weighted by molar-refractivity contribution is 0.630. The van der Waals surface area contributed by atoms with Crippen LogP contribution in [0.3, 0.4) is 0 Å². The topological polar surface area (TPSA) is 61.1 Å². The van der Waals surface area contributed by atoms with E-state index in [0.717, 1.165) is 0 Å². The van der Waals surface area contributed by atoms with Crippen molar-refractivity contribution in [2.45, 2.75) is 6.92 Å². The van der Waals surface area contributed by atoms with E-state index in [1.807, 2.05) is 18.2 Å². The third-order valence-electron chi connectivity index (χ3n) is 3.66. The Morgan fingerprint density at radius 1 is 0.952 bits per heavy atom. The number of para-hydroxylation sites is 1. The molecule has 0 bridgehead atoms. The van der Waals surface area contributed by atoms with Gasteiger partial charge in [0, 0.05) is 12.7 Å². The van der Waals surface area contributed by atoms with Crippen LogP contribution < -0.4 is 16.4 Å². The summed E-state index contributed by atoms with van der Waals surface area (Å²) in [6, 6.07) is 9.05. The van der Waals surface area contributed by atoms with Gasteiger partial charge in [0.15, 0.2) is 0 Å². The molecule has 106 valence electrons. The highest BCUT2D eigenvalue weighted by atomic mass is 35.5. The lowest BCUT2D eigenvalue weighted by atomic mass is 10.0. The van der Waals surface area contributed by atoms with Gasteiger partial charge in [-0.1, -0.05) is 29.8 Å². The van der Waals surface area contributed by atoms with Crippen molar-refractivity contribution in [2.24, 2.45) is 7.05 Å². The van der Waals surface area contributed by atoms with Gasteiger partial charge in [0.1, 0.15) is 5.02 Å². The second kappa shape index (κ2) is 4.56. The normalized spacial score (nSPS) is 11.2. The van der Waals surface area contributed by atoms with Crippen molar-refractivity contribution in [1.82, 2.24) is 9.36 Å². The largest absolute Gasteiger partial charge is 0.285 e. The third-order valence-corrected chi connectivity index (χ3v) is 4.02. The van der Waals surface area contributed by atoms with Gasteiger partial charge < -0.3 is 0 Å². The van der Waals surface area contributed by atoms with Gasteiger partial charge in [-0.3, -0.25) is 19.1 Å². The number of nitrogens with zero attached hydrogens (tertiary/aromatic N) is 2. The van der Waals surface area contributed by atoms with Gasteiger partial charge in [0.05, 0.1) is 16.8 Å². The zero-order valence-corrected chi connectivity index (χ0v) is 12.1. The first kappa shape index (κ1) is 13.6. The molecule has 3 rings (SSSR count). The van der Waals surface area contributed by atoms with Crippen molar-refractivity contribution in [3.05, 3.63) is 71.8 Å². The molecule has 5 nitrogen and oxygen atoms in total. The highest BCUT2D eigenvalue weighted by Crippen LogP contribution is 2.24. The highest BCUT2D eigenvalue weighted by Gasteiger charge is 2.27. The quantitative estimate of drug-likeness (QED) is 0.672. The van der Waals surface area contributed by atoms with E-state index in [9.17, 15) is 14.4 Å². The van der Waals surface area contributed by atoms with E-state index in [4.69, 9.17) is 11.6 Å². The Balaban J connectivity index is 2.35. The van der Waals surface area contributed by atoms with Crippen molar-refractivity contribution in [2.75, 3.05) is 0 Å². The van der Waals surface area contributed by atoms with Crippen LogP contribution in [-0.2, 0) is 7.05 Å². The first-order chi connectivity index (χ1) is 9.95. The maximum Gasteiger partial charge on any atom is 0.279 e. The average Bonchev–Trinajstić information content (AvgIpc) is 2.71. The fraction of sp³-hybridized carbons (Fsp3) is 0.133. The van der Waals surface area contributed by atoms with Gasteiger partial charge in [-0.2, -0.15) is 0 Å². The maximum absolute atomic E-state index is 12.6. The minimum absolute atomic E-state index is 0.0226. The average molecular weight is 303 g/mol. The Bertz CT molecular complexity index is 973. The third kappa shape index (κ3) is 1.74. The molecule has 0 amide bonds. The summed E-state index contributed by atoms with van der Waals surface area (Å²) in [5, 5.41) is -0.161. The summed E-state index contributed by atoms with van der Waals surface area (Å²) in [6.07, 6.45) is 0. The van der Waals surface area contributed by atoms with Gasteiger partial charge >= 0.3 is 0 Å². The molecule has 3 aromatic rings. The molecule has 0 saturated carbocycles. The van der Waals surface area contributed by atoms with Crippen LogP contribution in [0.25, 0.3) is 16.8 Å². The number of rotatable bonds is 2. The molecule has 0 aliphatic rings. The number of aromatic nitrogens is 2. The van der Waals surface area contributed by atoms with Gasteiger partial charge in [0.25, 0.3) is 5.56 Å². The smallest absolute Gasteiger partial charge is 0.279 e. The number of hydrogen-bond acceptors (Lipinski definition) is 3. The molecule has 0 unspecified atom stereocenters. The van der Waals surface area contributed by atoms with E-state index in [1.54, 1.807) is 30.8 Å². The molecule has 0 spiro atoms. The minimum atomic E-state index is -0.736. The lowest BCUT2D eigenvalue weighted by Crippen LogP contribution is -2.35. The summed E-state index contributed by atoms with van der Waals surface area (Å²) in [4.78, 5) is 35.6. The van der Waals surface area contributed by atoms with E-state index < -0.39 is 10.9 Å². The van der Waals surface area contributed by atoms with Crippen LogP contribution in [0, 0.1) is 6.92 Å². The van der Waals surface area contributed by atoms with E-state index >= 15 is 0 Å². The molecule has 1 heterocycles. The zero-order chi connectivity index (χ0) is 15.3. The number of halogens is 1. The summed E-state index contributed by atoms with van der Waals surface area (Å²) in [6.45, 7) is 1.71. The van der Waals surface area contributed by atoms with Gasteiger partial charge in [-0.05, 0) is 19.1 Å². The molecule has 0 aliphatic heterocycles. The predicted molar refractivity (Wildman–Crippen MR) is 81.1 cm³/mol. The van der Waals surface area contributed by atoms with E-state index in [2.05, 4.69) is 0 Å². The second-order valence-electron chi connectivity index (χ2n) is 4.78. The molecule has 0 fully saturated rings. The van der Waals surface area contributed by atoms with Crippen LogP contribution in [-0.4, -0.2) is 9.36 Å². The molecular formula is C15H11ClN2O3. The molecular weight excluding hydrogens is 292 g/mol. The summed E-state index contributed by atoms with van der Waals surface area (Å²) in [5.41, 5.74) is -0.334. The molecule has 0 radical (unpaired) electrons. The van der Waals surface area contributed by atoms with Crippen molar-refractivity contribution in [3.63, 3.8) is 0 Å². The Labute approximate surface area is 124 Å². The highest BCUT2D eigenvalue weighted by molar-refractivity contribution is 6.34. The molecule has 6 heteroatoms. The molecule has 2 aromatic carbocycles. The maximum atomic E-state index is 12.6. The van der Waals surface area contributed by atoms with E-state index in [-0.39, 0.29) is 21.7 Å². The zero-order valence-electron chi connectivity index (χ0n) is 11.4. The fourth-order valence-corrected chi connectivity index (χ4v) is 2.71. The first-order valence-corrected chi connectivity index (χ1v) is 6.66. The van der Waals surface area contributed by atoms with Gasteiger partial charge in [-0.15, -0.1) is 0 Å². The second-order valence-corrected chi connectivity index (χ2v) is 5.16. The lowest BCUT2D eigenvalue weighted by Gasteiger charge is -2.07. The number of benzene rings is 1.